The topological polar surface area (TPSA) is 66.0 Å². The first-order valence-corrected chi connectivity index (χ1v) is 3.44. The van der Waals surface area contributed by atoms with E-state index in [-0.39, 0.29) is 11.4 Å². The highest BCUT2D eigenvalue weighted by Gasteiger charge is 1.95. The minimum Gasteiger partial charge on any atom is -0.508 e. The van der Waals surface area contributed by atoms with Crippen molar-refractivity contribution in [1.29, 1.82) is 0 Å². The third-order valence-electron chi connectivity index (χ3n) is 1.60. The number of aromatic hydroxyl groups is 1. The monoisotopic (exact) mass is 162 g/mol. The summed E-state index contributed by atoms with van der Waals surface area (Å²) in [6, 6.07) is 4.68. The Kier molecular flexibility index (Phi) is 1.33. The van der Waals surface area contributed by atoms with Crippen molar-refractivity contribution in [2.24, 2.45) is 0 Å². The van der Waals surface area contributed by atoms with E-state index in [9.17, 15) is 4.79 Å². The molecule has 2 rings (SSSR count). The van der Waals surface area contributed by atoms with Crippen LogP contribution in [0.1, 0.15) is 0 Å². The lowest BCUT2D eigenvalue weighted by atomic mass is 10.2. The highest BCUT2D eigenvalue weighted by atomic mass is 16.3. The number of hydrogen-bond donors (Lipinski definition) is 2. The smallest absolute Gasteiger partial charge is 0.345 e. The van der Waals surface area contributed by atoms with Crippen LogP contribution >= 0.6 is 0 Å². The summed E-state index contributed by atoms with van der Waals surface area (Å²) in [7, 11) is 0. The van der Waals surface area contributed by atoms with Crippen molar-refractivity contribution in [3.8, 4) is 5.75 Å². The van der Waals surface area contributed by atoms with Gasteiger partial charge in [0.2, 0.25) is 0 Å². The van der Waals surface area contributed by atoms with E-state index in [1.54, 1.807) is 6.07 Å². The van der Waals surface area contributed by atoms with Crippen LogP contribution in [-0.2, 0) is 0 Å². The molecule has 1 aromatic carbocycles. The molecule has 1 heterocycles. The van der Waals surface area contributed by atoms with E-state index < -0.39 is 0 Å². The number of hydrogen-bond acceptors (Lipinski definition) is 3. The van der Waals surface area contributed by atoms with Gasteiger partial charge in [-0.25, -0.2) is 9.78 Å². The van der Waals surface area contributed by atoms with E-state index in [1.165, 1.54) is 18.3 Å². The SMILES string of the molecule is O=c1ncc2cc(O)ccc2[nH]1. The second-order valence-electron chi connectivity index (χ2n) is 2.46. The molecule has 0 radical (unpaired) electrons. The number of phenols is 1. The summed E-state index contributed by atoms with van der Waals surface area (Å²) in [5.41, 5.74) is 0.293. The van der Waals surface area contributed by atoms with Crippen molar-refractivity contribution in [2.75, 3.05) is 0 Å². The second kappa shape index (κ2) is 2.34. The second-order valence-corrected chi connectivity index (χ2v) is 2.46. The zero-order valence-corrected chi connectivity index (χ0v) is 6.11. The van der Waals surface area contributed by atoms with Crippen LogP contribution in [0.15, 0.2) is 29.2 Å². The normalized spacial score (nSPS) is 10.3. The van der Waals surface area contributed by atoms with Crippen molar-refractivity contribution in [2.45, 2.75) is 0 Å². The van der Waals surface area contributed by atoms with Gasteiger partial charge in [0.15, 0.2) is 0 Å². The van der Waals surface area contributed by atoms with Gasteiger partial charge in [0, 0.05) is 11.6 Å². The third-order valence-corrected chi connectivity index (χ3v) is 1.60. The zero-order valence-electron chi connectivity index (χ0n) is 6.11. The maximum Gasteiger partial charge on any atom is 0.345 e. The van der Waals surface area contributed by atoms with Gasteiger partial charge in [-0.3, -0.25) is 0 Å². The van der Waals surface area contributed by atoms with Crippen molar-refractivity contribution in [3.05, 3.63) is 34.9 Å². The Morgan fingerprint density at radius 3 is 3.08 bits per heavy atom. The average molecular weight is 162 g/mol. The molecule has 2 aromatic rings. The molecule has 0 spiro atoms. The lowest BCUT2D eigenvalue weighted by Crippen LogP contribution is -2.08. The Labute approximate surface area is 67.5 Å². The molecular weight excluding hydrogens is 156 g/mol. The van der Waals surface area contributed by atoms with Crippen LogP contribution in [0.25, 0.3) is 10.9 Å². The van der Waals surface area contributed by atoms with Gasteiger partial charge in [0.05, 0.1) is 5.52 Å². The van der Waals surface area contributed by atoms with Gasteiger partial charge in [-0.2, -0.15) is 0 Å². The fraction of sp³-hybridized carbons (Fsp3) is 0. The molecule has 4 heteroatoms. The van der Waals surface area contributed by atoms with E-state index in [1.807, 2.05) is 0 Å². The van der Waals surface area contributed by atoms with Crippen molar-refractivity contribution in [3.63, 3.8) is 0 Å². The number of aromatic nitrogens is 2. The van der Waals surface area contributed by atoms with Gasteiger partial charge >= 0.3 is 5.69 Å². The molecule has 0 saturated heterocycles. The molecule has 0 bridgehead atoms. The molecule has 0 saturated carbocycles. The molecular formula is C8H6N2O2. The molecule has 0 fully saturated rings. The Hall–Kier alpha value is -1.84. The standard InChI is InChI=1S/C8H6N2O2/c11-6-1-2-7-5(3-6)4-9-8(12)10-7/h1-4,11H,(H,9,10,12). The molecule has 12 heavy (non-hydrogen) atoms. The molecule has 4 nitrogen and oxygen atoms in total. The quantitative estimate of drug-likeness (QED) is 0.597. The Balaban J connectivity index is 2.87. The lowest BCUT2D eigenvalue weighted by Gasteiger charge is -1.95. The van der Waals surface area contributed by atoms with Crippen LogP contribution in [0, 0.1) is 0 Å². The first-order valence-electron chi connectivity index (χ1n) is 3.44. The third kappa shape index (κ3) is 1.03. The number of benzene rings is 1. The van der Waals surface area contributed by atoms with Gasteiger partial charge in [0.25, 0.3) is 0 Å². The maximum absolute atomic E-state index is 10.7. The van der Waals surface area contributed by atoms with Gasteiger partial charge in [0.1, 0.15) is 5.75 Å². The molecule has 0 amide bonds. The number of phenolic OH excluding ortho intramolecular Hbond substituents is 1. The summed E-state index contributed by atoms with van der Waals surface area (Å²) in [6.07, 6.45) is 1.42. The minimum absolute atomic E-state index is 0.163. The summed E-state index contributed by atoms with van der Waals surface area (Å²) in [5.74, 6) is 0.163. The first kappa shape index (κ1) is 6.84. The van der Waals surface area contributed by atoms with E-state index in [0.717, 1.165) is 5.39 Å². The maximum atomic E-state index is 10.7. The van der Waals surface area contributed by atoms with Gasteiger partial charge < -0.3 is 10.1 Å². The Morgan fingerprint density at radius 2 is 2.25 bits per heavy atom. The molecule has 2 N–H and O–H groups in total. The fourth-order valence-electron chi connectivity index (χ4n) is 1.05. The summed E-state index contributed by atoms with van der Waals surface area (Å²) in [4.78, 5) is 16.8. The number of fused-ring (bicyclic) bond motifs is 1. The highest BCUT2D eigenvalue weighted by molar-refractivity contribution is 5.78. The first-order chi connectivity index (χ1) is 5.75. The molecule has 0 aliphatic carbocycles. The molecule has 1 aromatic heterocycles. The average Bonchev–Trinajstić information content (AvgIpc) is 2.05. The summed E-state index contributed by atoms with van der Waals surface area (Å²) in [5, 5.41) is 9.80. The van der Waals surface area contributed by atoms with Crippen LogP contribution in [0.2, 0.25) is 0 Å². The van der Waals surface area contributed by atoms with E-state index in [4.69, 9.17) is 5.11 Å². The van der Waals surface area contributed by atoms with Crippen molar-refractivity contribution >= 4 is 10.9 Å². The van der Waals surface area contributed by atoms with Gasteiger partial charge in [-0.05, 0) is 18.2 Å². The van der Waals surface area contributed by atoms with Crippen LogP contribution in [-0.4, -0.2) is 15.1 Å². The molecule has 0 unspecified atom stereocenters. The predicted molar refractivity (Wildman–Crippen MR) is 44.0 cm³/mol. The number of aromatic amines is 1. The number of rotatable bonds is 0. The Bertz CT molecular complexity index is 476. The lowest BCUT2D eigenvalue weighted by molar-refractivity contribution is 0.476. The molecule has 0 aliphatic heterocycles. The zero-order chi connectivity index (χ0) is 8.55. The minimum atomic E-state index is -0.381. The summed E-state index contributed by atoms with van der Waals surface area (Å²) < 4.78 is 0. The van der Waals surface area contributed by atoms with Crippen molar-refractivity contribution < 1.29 is 5.11 Å². The van der Waals surface area contributed by atoms with Gasteiger partial charge in [-0.1, -0.05) is 0 Å². The van der Waals surface area contributed by atoms with E-state index in [2.05, 4.69) is 9.97 Å². The summed E-state index contributed by atoms with van der Waals surface area (Å²) in [6.45, 7) is 0. The predicted octanol–water partition coefficient (Wildman–Crippen LogP) is 0.629. The Morgan fingerprint density at radius 1 is 1.42 bits per heavy atom. The van der Waals surface area contributed by atoms with Crippen LogP contribution in [0.4, 0.5) is 0 Å². The van der Waals surface area contributed by atoms with Crippen LogP contribution in [0.3, 0.4) is 0 Å². The highest BCUT2D eigenvalue weighted by Crippen LogP contribution is 2.15. The molecule has 0 atom stereocenters. The fourth-order valence-corrected chi connectivity index (χ4v) is 1.05. The van der Waals surface area contributed by atoms with E-state index in [0.29, 0.717) is 5.52 Å². The van der Waals surface area contributed by atoms with Crippen LogP contribution < -0.4 is 5.69 Å². The number of H-pyrrole nitrogens is 1. The van der Waals surface area contributed by atoms with Crippen molar-refractivity contribution in [1.82, 2.24) is 9.97 Å². The molecule has 60 valence electrons. The van der Waals surface area contributed by atoms with E-state index >= 15 is 0 Å². The number of nitrogens with zero attached hydrogens (tertiary/aromatic N) is 1. The largest absolute Gasteiger partial charge is 0.508 e. The summed E-state index contributed by atoms with van der Waals surface area (Å²) >= 11 is 0. The number of nitrogens with one attached hydrogen (secondary N) is 1. The molecule has 0 aliphatic rings. The van der Waals surface area contributed by atoms with Gasteiger partial charge in [-0.15, -0.1) is 0 Å². The van der Waals surface area contributed by atoms with Crippen LogP contribution in [0.5, 0.6) is 5.75 Å².